The largest absolute Gasteiger partial charge is 0.478 e. The van der Waals surface area contributed by atoms with E-state index in [2.05, 4.69) is 5.32 Å². The van der Waals surface area contributed by atoms with Gasteiger partial charge in [-0.2, -0.15) is 0 Å². The number of anilines is 1. The summed E-state index contributed by atoms with van der Waals surface area (Å²) < 4.78 is 14.8. The van der Waals surface area contributed by atoms with Crippen LogP contribution in [-0.4, -0.2) is 44.1 Å². The van der Waals surface area contributed by atoms with Gasteiger partial charge in [0, 0.05) is 17.1 Å². The second kappa shape index (κ2) is 9.59. The third-order valence-corrected chi connectivity index (χ3v) is 6.34. The molecule has 1 aliphatic rings. The predicted octanol–water partition coefficient (Wildman–Crippen LogP) is 4.61. The van der Waals surface area contributed by atoms with Gasteiger partial charge in [-0.15, -0.1) is 0 Å². The van der Waals surface area contributed by atoms with Crippen molar-refractivity contribution in [1.82, 2.24) is 9.47 Å². The van der Waals surface area contributed by atoms with Gasteiger partial charge in [0.05, 0.1) is 16.2 Å². The number of carbonyl (C=O) groups is 4. The van der Waals surface area contributed by atoms with E-state index in [4.69, 9.17) is 0 Å². The summed E-state index contributed by atoms with van der Waals surface area (Å²) in [5.74, 6) is -2.71. The standard InChI is InChI=1S/C25H20FN3O5S/c1-14-11-16(15(2)29(14)20-6-4-3-5-19(20)24(32)33)12-21-23(31)28(25(34)35-21)13-22(30)27-18-9-7-17(26)8-10-18/h3-12H,13H2,1-2H3,(H,27,30)(H,32,33)/b21-12-. The summed E-state index contributed by atoms with van der Waals surface area (Å²) in [5, 5.41) is 11.5. The molecule has 0 bridgehead atoms. The first-order chi connectivity index (χ1) is 16.7. The van der Waals surface area contributed by atoms with Crippen molar-refractivity contribution in [1.29, 1.82) is 0 Å². The maximum Gasteiger partial charge on any atom is 0.337 e. The van der Waals surface area contributed by atoms with Crippen LogP contribution in [0, 0.1) is 19.7 Å². The molecular weight excluding hydrogens is 473 g/mol. The lowest BCUT2D eigenvalue weighted by molar-refractivity contribution is -0.127. The number of rotatable bonds is 6. The molecule has 1 aromatic heterocycles. The van der Waals surface area contributed by atoms with Crippen molar-refractivity contribution in [2.75, 3.05) is 11.9 Å². The average Bonchev–Trinajstić information content (AvgIpc) is 3.24. The molecule has 178 valence electrons. The Morgan fingerprint density at radius 2 is 1.77 bits per heavy atom. The Kier molecular flexibility index (Phi) is 6.57. The Morgan fingerprint density at radius 1 is 1.09 bits per heavy atom. The van der Waals surface area contributed by atoms with Gasteiger partial charge < -0.3 is 15.0 Å². The number of nitrogens with one attached hydrogen (secondary N) is 1. The number of carboxylic acid groups (broad SMARTS) is 1. The fraction of sp³-hybridized carbons (Fsp3) is 0.120. The zero-order chi connectivity index (χ0) is 25.3. The number of hydrogen-bond donors (Lipinski definition) is 2. The number of carbonyl (C=O) groups excluding carboxylic acids is 3. The van der Waals surface area contributed by atoms with E-state index in [1.54, 1.807) is 41.8 Å². The molecule has 8 nitrogen and oxygen atoms in total. The van der Waals surface area contributed by atoms with Crippen molar-refractivity contribution in [3.8, 4) is 5.69 Å². The molecule has 2 N–H and O–H groups in total. The van der Waals surface area contributed by atoms with Crippen molar-refractivity contribution in [2.24, 2.45) is 0 Å². The highest BCUT2D eigenvalue weighted by Crippen LogP contribution is 2.34. The second-order valence-electron chi connectivity index (χ2n) is 7.81. The first kappa shape index (κ1) is 24.0. The van der Waals surface area contributed by atoms with Crippen LogP contribution in [0.5, 0.6) is 0 Å². The van der Waals surface area contributed by atoms with Gasteiger partial charge in [-0.3, -0.25) is 19.3 Å². The summed E-state index contributed by atoms with van der Waals surface area (Å²) in [6, 6.07) is 13.5. The van der Waals surface area contributed by atoms with Gasteiger partial charge in [0.2, 0.25) is 5.91 Å². The Morgan fingerprint density at radius 3 is 2.46 bits per heavy atom. The molecule has 0 saturated carbocycles. The second-order valence-corrected chi connectivity index (χ2v) is 8.80. The highest BCUT2D eigenvalue weighted by Gasteiger charge is 2.36. The fourth-order valence-corrected chi connectivity index (χ4v) is 4.64. The molecule has 3 amide bonds. The molecule has 0 aliphatic carbocycles. The zero-order valence-corrected chi connectivity index (χ0v) is 19.6. The van der Waals surface area contributed by atoms with Gasteiger partial charge in [0.15, 0.2) is 0 Å². The van der Waals surface area contributed by atoms with Gasteiger partial charge in [0.25, 0.3) is 11.1 Å². The first-order valence-corrected chi connectivity index (χ1v) is 11.3. The van der Waals surface area contributed by atoms with Crippen LogP contribution in [0.2, 0.25) is 0 Å². The fourth-order valence-electron chi connectivity index (χ4n) is 3.81. The highest BCUT2D eigenvalue weighted by atomic mass is 32.2. The van der Waals surface area contributed by atoms with Crippen LogP contribution in [0.3, 0.4) is 0 Å². The first-order valence-electron chi connectivity index (χ1n) is 10.5. The minimum Gasteiger partial charge on any atom is -0.478 e. The molecule has 2 aromatic carbocycles. The van der Waals surface area contributed by atoms with Gasteiger partial charge in [-0.1, -0.05) is 12.1 Å². The van der Waals surface area contributed by atoms with Crippen LogP contribution < -0.4 is 5.32 Å². The molecule has 1 fully saturated rings. The number of hydrogen-bond acceptors (Lipinski definition) is 5. The predicted molar refractivity (Wildman–Crippen MR) is 130 cm³/mol. The summed E-state index contributed by atoms with van der Waals surface area (Å²) in [6.07, 6.45) is 1.56. The lowest BCUT2D eigenvalue weighted by Gasteiger charge is -2.13. The molecule has 4 rings (SSSR count). The molecule has 0 unspecified atom stereocenters. The van der Waals surface area contributed by atoms with Crippen molar-refractivity contribution < 1.29 is 28.7 Å². The van der Waals surface area contributed by atoms with E-state index in [9.17, 15) is 28.7 Å². The van der Waals surface area contributed by atoms with Crippen molar-refractivity contribution in [2.45, 2.75) is 13.8 Å². The smallest absolute Gasteiger partial charge is 0.337 e. The molecule has 0 radical (unpaired) electrons. The maximum absolute atomic E-state index is 13.0. The van der Waals surface area contributed by atoms with Crippen LogP contribution in [-0.2, 0) is 9.59 Å². The van der Waals surface area contributed by atoms with Crippen molar-refractivity contribution in [3.05, 3.63) is 87.8 Å². The van der Waals surface area contributed by atoms with Crippen LogP contribution in [0.25, 0.3) is 11.8 Å². The molecule has 0 spiro atoms. The molecule has 1 aliphatic heterocycles. The van der Waals surface area contributed by atoms with E-state index in [1.165, 1.54) is 30.3 Å². The van der Waals surface area contributed by atoms with Crippen molar-refractivity contribution >= 4 is 46.5 Å². The number of carboxylic acids is 1. The number of para-hydroxylation sites is 1. The third-order valence-electron chi connectivity index (χ3n) is 5.44. The van der Waals surface area contributed by atoms with E-state index >= 15 is 0 Å². The molecule has 0 atom stereocenters. The van der Waals surface area contributed by atoms with Crippen LogP contribution in [0.15, 0.2) is 59.5 Å². The number of halogens is 1. The van der Waals surface area contributed by atoms with E-state index in [0.717, 1.165) is 22.4 Å². The summed E-state index contributed by atoms with van der Waals surface area (Å²) in [6.45, 7) is 3.12. The molecular formula is C25H20FN3O5S. The minimum atomic E-state index is -1.06. The molecule has 3 aromatic rings. The number of nitrogens with zero attached hydrogens (tertiary/aromatic N) is 2. The number of aromatic carboxylic acids is 1. The minimum absolute atomic E-state index is 0.133. The molecule has 2 heterocycles. The summed E-state index contributed by atoms with van der Waals surface area (Å²) in [7, 11) is 0. The Balaban J connectivity index is 1.56. The number of benzene rings is 2. The topological polar surface area (TPSA) is 109 Å². The van der Waals surface area contributed by atoms with Crippen LogP contribution in [0.1, 0.15) is 27.3 Å². The van der Waals surface area contributed by atoms with E-state index in [1.807, 2.05) is 6.92 Å². The summed E-state index contributed by atoms with van der Waals surface area (Å²) in [5.41, 5.74) is 3.04. The Labute approximate surface area is 204 Å². The van der Waals surface area contributed by atoms with Crippen LogP contribution >= 0.6 is 11.8 Å². The number of thioether (sulfide) groups is 1. The van der Waals surface area contributed by atoms with Gasteiger partial charge in [0.1, 0.15) is 12.4 Å². The monoisotopic (exact) mass is 493 g/mol. The molecule has 10 heteroatoms. The quantitative estimate of drug-likeness (QED) is 0.486. The summed E-state index contributed by atoms with van der Waals surface area (Å²) >= 11 is 0.720. The van der Waals surface area contributed by atoms with Gasteiger partial charge in [-0.25, -0.2) is 9.18 Å². The van der Waals surface area contributed by atoms with E-state index in [0.29, 0.717) is 22.6 Å². The third kappa shape index (κ3) is 4.87. The van der Waals surface area contributed by atoms with Crippen LogP contribution in [0.4, 0.5) is 14.9 Å². The SMILES string of the molecule is Cc1cc(/C=C2\SC(=O)N(CC(=O)Nc3ccc(F)cc3)C2=O)c(C)n1-c1ccccc1C(=O)O. The van der Waals surface area contributed by atoms with Crippen molar-refractivity contribution in [3.63, 3.8) is 0 Å². The number of amides is 3. The van der Waals surface area contributed by atoms with Gasteiger partial charge >= 0.3 is 5.97 Å². The Bertz CT molecular complexity index is 1390. The molecule has 1 saturated heterocycles. The normalized spacial score (nSPS) is 14.6. The highest BCUT2D eigenvalue weighted by molar-refractivity contribution is 8.18. The van der Waals surface area contributed by atoms with E-state index in [-0.39, 0.29) is 10.5 Å². The summed E-state index contributed by atoms with van der Waals surface area (Å²) in [4.78, 5) is 50.3. The van der Waals surface area contributed by atoms with Gasteiger partial charge in [-0.05, 0) is 79.7 Å². The number of aryl methyl sites for hydroxylation is 1. The maximum atomic E-state index is 13.0. The lowest BCUT2D eigenvalue weighted by Crippen LogP contribution is -2.36. The Hall–Kier alpha value is -4.18. The number of imide groups is 1. The number of aromatic nitrogens is 1. The van der Waals surface area contributed by atoms with E-state index < -0.39 is 35.4 Å². The zero-order valence-electron chi connectivity index (χ0n) is 18.7. The lowest BCUT2D eigenvalue weighted by atomic mass is 10.1. The molecule has 35 heavy (non-hydrogen) atoms. The average molecular weight is 494 g/mol.